The fourth-order valence-corrected chi connectivity index (χ4v) is 1.29. The molecule has 1 aromatic rings. The maximum atomic E-state index is 11.3. The minimum absolute atomic E-state index is 0.0572. The van der Waals surface area contributed by atoms with Gasteiger partial charge in [0.2, 0.25) is 0 Å². The molecule has 0 amide bonds. The SMILES string of the molecule is CC(=CC(=O)O)Cn1cc(Cl)c(=O)[nH]c1=O. The summed E-state index contributed by atoms with van der Waals surface area (Å²) in [5.41, 5.74) is -0.840. The van der Waals surface area contributed by atoms with Crippen molar-refractivity contribution in [2.45, 2.75) is 13.5 Å². The molecule has 0 unspecified atom stereocenters. The fourth-order valence-electron chi connectivity index (χ4n) is 1.13. The van der Waals surface area contributed by atoms with Gasteiger partial charge in [0, 0.05) is 18.8 Å². The molecule has 0 saturated carbocycles. The van der Waals surface area contributed by atoms with Gasteiger partial charge in [0.05, 0.1) is 0 Å². The number of carbonyl (C=O) groups is 1. The predicted molar refractivity (Wildman–Crippen MR) is 57.7 cm³/mol. The second kappa shape index (κ2) is 4.80. The zero-order chi connectivity index (χ0) is 12.3. The molecule has 6 nitrogen and oxygen atoms in total. The Balaban J connectivity index is 3.08. The van der Waals surface area contributed by atoms with Crippen LogP contribution in [-0.2, 0) is 11.3 Å². The third-order valence-corrected chi connectivity index (χ3v) is 2.03. The number of allylic oxidation sites excluding steroid dienone is 1. The molecular weight excluding hydrogens is 236 g/mol. The van der Waals surface area contributed by atoms with Crippen LogP contribution in [0.15, 0.2) is 27.4 Å². The molecular formula is C9H9ClN2O4. The lowest BCUT2D eigenvalue weighted by atomic mass is 10.3. The average molecular weight is 245 g/mol. The van der Waals surface area contributed by atoms with E-state index in [1.165, 1.54) is 6.20 Å². The van der Waals surface area contributed by atoms with Crippen molar-refractivity contribution in [1.82, 2.24) is 9.55 Å². The minimum Gasteiger partial charge on any atom is -0.478 e. The number of nitrogens with zero attached hydrogens (tertiary/aromatic N) is 1. The monoisotopic (exact) mass is 244 g/mol. The van der Waals surface area contributed by atoms with Crippen molar-refractivity contribution >= 4 is 17.6 Å². The first-order chi connectivity index (χ1) is 7.40. The number of hydrogen-bond acceptors (Lipinski definition) is 3. The zero-order valence-corrected chi connectivity index (χ0v) is 9.11. The van der Waals surface area contributed by atoms with Crippen molar-refractivity contribution in [3.8, 4) is 0 Å². The highest BCUT2D eigenvalue weighted by Gasteiger charge is 2.03. The Hall–Kier alpha value is -1.82. The van der Waals surface area contributed by atoms with Crippen molar-refractivity contribution in [3.05, 3.63) is 43.7 Å². The number of carboxylic acid groups (broad SMARTS) is 1. The first-order valence-corrected chi connectivity index (χ1v) is 4.67. The van der Waals surface area contributed by atoms with E-state index in [0.29, 0.717) is 5.57 Å². The Morgan fingerprint density at radius 1 is 1.62 bits per heavy atom. The number of hydrogen-bond donors (Lipinski definition) is 2. The van der Waals surface area contributed by atoms with E-state index >= 15 is 0 Å². The van der Waals surface area contributed by atoms with Crippen LogP contribution in [-0.4, -0.2) is 20.6 Å². The molecule has 0 atom stereocenters. The van der Waals surface area contributed by atoms with Crippen LogP contribution >= 0.6 is 11.6 Å². The normalized spacial score (nSPS) is 11.5. The number of nitrogens with one attached hydrogen (secondary N) is 1. The maximum Gasteiger partial charge on any atom is 0.328 e. The molecule has 0 spiro atoms. The number of carboxylic acids is 1. The summed E-state index contributed by atoms with van der Waals surface area (Å²) in [5.74, 6) is -1.10. The fraction of sp³-hybridized carbons (Fsp3) is 0.222. The molecule has 2 N–H and O–H groups in total. The summed E-state index contributed by atoms with van der Waals surface area (Å²) in [5, 5.41) is 8.36. The molecule has 0 bridgehead atoms. The van der Waals surface area contributed by atoms with Gasteiger partial charge in [0.15, 0.2) is 0 Å². The second-order valence-electron chi connectivity index (χ2n) is 3.19. The number of aromatic nitrogens is 2. The Bertz CT molecular complexity index is 555. The average Bonchev–Trinajstić information content (AvgIpc) is 2.12. The van der Waals surface area contributed by atoms with Crippen molar-refractivity contribution in [2.24, 2.45) is 0 Å². The van der Waals surface area contributed by atoms with E-state index in [2.05, 4.69) is 0 Å². The third kappa shape index (κ3) is 3.09. The van der Waals surface area contributed by atoms with Crippen LogP contribution in [0, 0.1) is 0 Å². The summed E-state index contributed by atoms with van der Waals surface area (Å²) >= 11 is 5.54. The number of aromatic amines is 1. The van der Waals surface area contributed by atoms with Gasteiger partial charge < -0.3 is 5.11 Å². The van der Waals surface area contributed by atoms with E-state index < -0.39 is 17.2 Å². The van der Waals surface area contributed by atoms with Crippen molar-refractivity contribution in [2.75, 3.05) is 0 Å². The Labute approximate surface area is 94.8 Å². The maximum absolute atomic E-state index is 11.3. The molecule has 86 valence electrons. The van der Waals surface area contributed by atoms with Gasteiger partial charge in [-0.2, -0.15) is 0 Å². The third-order valence-electron chi connectivity index (χ3n) is 1.76. The summed E-state index contributed by atoms with van der Waals surface area (Å²) in [6.45, 7) is 1.61. The van der Waals surface area contributed by atoms with Gasteiger partial charge in [-0.15, -0.1) is 0 Å². The molecule has 0 aliphatic carbocycles. The molecule has 1 rings (SSSR count). The van der Waals surface area contributed by atoms with Gasteiger partial charge in [0.1, 0.15) is 5.02 Å². The van der Waals surface area contributed by atoms with Gasteiger partial charge in [-0.25, -0.2) is 9.59 Å². The Kier molecular flexibility index (Phi) is 3.68. The molecule has 7 heteroatoms. The van der Waals surface area contributed by atoms with Gasteiger partial charge >= 0.3 is 11.7 Å². The van der Waals surface area contributed by atoms with Crippen LogP contribution in [0.25, 0.3) is 0 Å². The number of rotatable bonds is 3. The molecule has 0 radical (unpaired) electrons. The summed E-state index contributed by atoms with van der Waals surface area (Å²) in [7, 11) is 0. The number of H-pyrrole nitrogens is 1. The molecule has 0 aliphatic heterocycles. The van der Waals surface area contributed by atoms with Crippen LogP contribution in [0.4, 0.5) is 0 Å². The van der Waals surface area contributed by atoms with Crippen LogP contribution in [0.3, 0.4) is 0 Å². The summed E-state index contributed by atoms with van der Waals surface area (Å²) < 4.78 is 1.12. The molecule has 0 aliphatic rings. The number of halogens is 1. The first kappa shape index (κ1) is 12.3. The Morgan fingerprint density at radius 2 is 2.25 bits per heavy atom. The topological polar surface area (TPSA) is 92.2 Å². The molecule has 0 saturated heterocycles. The highest BCUT2D eigenvalue weighted by molar-refractivity contribution is 6.30. The molecule has 1 heterocycles. The van der Waals surface area contributed by atoms with E-state index in [9.17, 15) is 14.4 Å². The highest BCUT2D eigenvalue weighted by atomic mass is 35.5. The van der Waals surface area contributed by atoms with E-state index in [0.717, 1.165) is 10.6 Å². The molecule has 1 aromatic heterocycles. The lowest BCUT2D eigenvalue weighted by molar-refractivity contribution is -0.131. The van der Waals surface area contributed by atoms with Gasteiger partial charge in [-0.1, -0.05) is 11.6 Å². The summed E-state index contributed by atoms with van der Waals surface area (Å²) in [4.78, 5) is 34.6. The van der Waals surface area contributed by atoms with Crippen molar-refractivity contribution < 1.29 is 9.90 Å². The summed E-state index contributed by atoms with van der Waals surface area (Å²) in [6, 6.07) is 0. The van der Waals surface area contributed by atoms with E-state index in [-0.39, 0.29) is 11.6 Å². The van der Waals surface area contributed by atoms with Crippen LogP contribution in [0.1, 0.15) is 6.92 Å². The van der Waals surface area contributed by atoms with Crippen molar-refractivity contribution in [3.63, 3.8) is 0 Å². The van der Waals surface area contributed by atoms with Gasteiger partial charge in [-0.05, 0) is 12.5 Å². The highest BCUT2D eigenvalue weighted by Crippen LogP contribution is 2.00. The van der Waals surface area contributed by atoms with Crippen molar-refractivity contribution in [1.29, 1.82) is 0 Å². The zero-order valence-electron chi connectivity index (χ0n) is 8.36. The quantitative estimate of drug-likeness (QED) is 0.744. The predicted octanol–water partition coefficient (Wildman–Crippen LogP) is 0.221. The summed E-state index contributed by atoms with van der Waals surface area (Å²) in [6.07, 6.45) is 2.15. The molecule has 16 heavy (non-hydrogen) atoms. The largest absolute Gasteiger partial charge is 0.478 e. The van der Waals surface area contributed by atoms with E-state index in [1.54, 1.807) is 6.92 Å². The second-order valence-corrected chi connectivity index (χ2v) is 3.60. The van der Waals surface area contributed by atoms with Gasteiger partial charge in [-0.3, -0.25) is 14.3 Å². The first-order valence-electron chi connectivity index (χ1n) is 4.29. The van der Waals surface area contributed by atoms with Crippen LogP contribution in [0.5, 0.6) is 0 Å². The van der Waals surface area contributed by atoms with E-state index in [1.807, 2.05) is 4.98 Å². The smallest absolute Gasteiger partial charge is 0.328 e. The van der Waals surface area contributed by atoms with Crippen LogP contribution < -0.4 is 11.2 Å². The van der Waals surface area contributed by atoms with Crippen LogP contribution in [0.2, 0.25) is 5.02 Å². The lowest BCUT2D eigenvalue weighted by Gasteiger charge is -2.04. The molecule has 0 fully saturated rings. The standard InChI is InChI=1S/C9H9ClN2O4/c1-5(2-7(13)14)3-12-4-6(10)8(15)11-9(12)16/h2,4H,3H2,1H3,(H,13,14)(H,11,15,16). The minimum atomic E-state index is -1.10. The molecule has 0 aromatic carbocycles. The lowest BCUT2D eigenvalue weighted by Crippen LogP contribution is -2.30. The Morgan fingerprint density at radius 3 is 2.81 bits per heavy atom. The van der Waals surface area contributed by atoms with Gasteiger partial charge in [0.25, 0.3) is 5.56 Å². The van der Waals surface area contributed by atoms with E-state index in [4.69, 9.17) is 16.7 Å². The number of aliphatic carboxylic acids is 1.